The molecular formula is C19H22N4O4. The van der Waals surface area contributed by atoms with Crippen molar-refractivity contribution >= 4 is 18.0 Å². The van der Waals surface area contributed by atoms with E-state index in [9.17, 15) is 9.59 Å². The predicted octanol–water partition coefficient (Wildman–Crippen LogP) is 1.71. The zero-order chi connectivity index (χ0) is 19.6. The third-order valence-corrected chi connectivity index (χ3v) is 3.39. The number of hydrazone groups is 1. The first kappa shape index (κ1) is 19.9. The Kier molecular flexibility index (Phi) is 7.30. The molecule has 0 bridgehead atoms. The second-order valence-electron chi connectivity index (χ2n) is 5.63. The maximum absolute atomic E-state index is 11.9. The average molecular weight is 370 g/mol. The van der Waals surface area contributed by atoms with E-state index in [0.29, 0.717) is 23.7 Å². The molecule has 0 saturated heterocycles. The largest absolute Gasteiger partial charge is 0.490 e. The number of hydrogen-bond donors (Lipinski definition) is 1. The van der Waals surface area contributed by atoms with Crippen LogP contribution in [0, 0.1) is 0 Å². The number of nitrogens with zero attached hydrogens (tertiary/aromatic N) is 3. The Hall–Kier alpha value is -3.42. The van der Waals surface area contributed by atoms with E-state index in [4.69, 9.17) is 9.47 Å². The lowest BCUT2D eigenvalue weighted by molar-refractivity contribution is -0.130. The van der Waals surface area contributed by atoms with Gasteiger partial charge in [-0.25, -0.2) is 5.43 Å². The van der Waals surface area contributed by atoms with Gasteiger partial charge < -0.3 is 14.4 Å². The van der Waals surface area contributed by atoms with Gasteiger partial charge in [-0.3, -0.25) is 14.6 Å². The number of pyridine rings is 1. The second kappa shape index (κ2) is 9.91. The Morgan fingerprint density at radius 3 is 2.67 bits per heavy atom. The zero-order valence-corrected chi connectivity index (χ0v) is 15.5. The van der Waals surface area contributed by atoms with Crippen LogP contribution >= 0.6 is 0 Å². The van der Waals surface area contributed by atoms with Crippen molar-refractivity contribution in [1.29, 1.82) is 0 Å². The zero-order valence-electron chi connectivity index (χ0n) is 15.5. The summed E-state index contributed by atoms with van der Waals surface area (Å²) in [5, 5.41) is 3.92. The number of likely N-dealkylation sites (N-methyl/N-ethyl adjacent to an activating group) is 1. The first-order chi connectivity index (χ1) is 13.0. The van der Waals surface area contributed by atoms with Crippen molar-refractivity contribution in [3.63, 3.8) is 0 Å². The molecule has 1 N–H and O–H groups in total. The summed E-state index contributed by atoms with van der Waals surface area (Å²) in [4.78, 5) is 29.0. The first-order valence-corrected chi connectivity index (χ1v) is 8.35. The Bertz CT molecular complexity index is 807. The minimum atomic E-state index is -0.404. The van der Waals surface area contributed by atoms with Gasteiger partial charge in [-0.1, -0.05) is 6.07 Å². The van der Waals surface area contributed by atoms with Gasteiger partial charge in [0.05, 0.1) is 12.8 Å². The van der Waals surface area contributed by atoms with Crippen LogP contribution in [0.15, 0.2) is 47.7 Å². The highest BCUT2D eigenvalue weighted by Crippen LogP contribution is 2.28. The molecule has 0 unspecified atom stereocenters. The lowest BCUT2D eigenvalue weighted by Crippen LogP contribution is -2.27. The number of carbonyl (C=O) groups is 2. The van der Waals surface area contributed by atoms with E-state index in [2.05, 4.69) is 15.5 Å². The van der Waals surface area contributed by atoms with E-state index < -0.39 is 5.91 Å². The molecule has 2 aromatic rings. The molecule has 0 spiro atoms. The molecule has 1 aromatic carbocycles. The van der Waals surface area contributed by atoms with Crippen molar-refractivity contribution in [3.05, 3.63) is 53.9 Å². The van der Waals surface area contributed by atoms with Crippen molar-refractivity contribution in [2.24, 2.45) is 5.10 Å². The molecule has 0 fully saturated rings. The molecular weight excluding hydrogens is 348 g/mol. The SMILES string of the molecule is CCOc1cc(/C=N/NC(=O)c2ccccn2)ccc1OCC(=O)N(C)C. The topological polar surface area (TPSA) is 93.1 Å². The van der Waals surface area contributed by atoms with E-state index in [0.717, 1.165) is 0 Å². The summed E-state index contributed by atoms with van der Waals surface area (Å²) in [6, 6.07) is 10.2. The van der Waals surface area contributed by atoms with Crippen molar-refractivity contribution in [2.45, 2.75) is 6.92 Å². The molecule has 0 aliphatic rings. The van der Waals surface area contributed by atoms with Crippen LogP contribution in [0.1, 0.15) is 23.0 Å². The van der Waals surface area contributed by atoms with Crippen LogP contribution in [-0.4, -0.2) is 55.2 Å². The van der Waals surface area contributed by atoms with Crippen molar-refractivity contribution in [2.75, 3.05) is 27.3 Å². The normalized spacial score (nSPS) is 10.5. The van der Waals surface area contributed by atoms with Gasteiger partial charge in [-0.15, -0.1) is 0 Å². The standard InChI is InChI=1S/C19H22N4O4/c1-4-26-17-11-14(8-9-16(17)27-13-18(24)23(2)3)12-21-22-19(25)15-7-5-6-10-20-15/h5-12H,4,13H2,1-3H3,(H,22,25)/b21-12+. The van der Waals surface area contributed by atoms with Gasteiger partial charge in [0.15, 0.2) is 18.1 Å². The lowest BCUT2D eigenvalue weighted by Gasteiger charge is -2.14. The highest BCUT2D eigenvalue weighted by atomic mass is 16.5. The monoisotopic (exact) mass is 370 g/mol. The van der Waals surface area contributed by atoms with Crippen molar-refractivity contribution in [3.8, 4) is 11.5 Å². The molecule has 2 rings (SSSR count). The maximum atomic E-state index is 11.9. The van der Waals surface area contributed by atoms with Crippen LogP contribution in [0.5, 0.6) is 11.5 Å². The molecule has 0 aliphatic carbocycles. The minimum absolute atomic E-state index is 0.0827. The van der Waals surface area contributed by atoms with E-state index in [1.165, 1.54) is 17.3 Å². The molecule has 0 aliphatic heterocycles. The molecule has 0 radical (unpaired) electrons. The van der Waals surface area contributed by atoms with E-state index in [1.807, 2.05) is 6.92 Å². The van der Waals surface area contributed by atoms with Crippen LogP contribution in [0.2, 0.25) is 0 Å². The van der Waals surface area contributed by atoms with Crippen LogP contribution < -0.4 is 14.9 Å². The number of aromatic nitrogens is 1. The third kappa shape index (κ3) is 6.10. The summed E-state index contributed by atoms with van der Waals surface area (Å²) >= 11 is 0. The molecule has 1 aromatic heterocycles. The average Bonchev–Trinajstić information content (AvgIpc) is 2.67. The summed E-state index contributed by atoms with van der Waals surface area (Å²) in [5.74, 6) is 0.394. The number of carbonyl (C=O) groups excluding carboxylic acids is 2. The first-order valence-electron chi connectivity index (χ1n) is 8.35. The number of rotatable bonds is 8. The fourth-order valence-corrected chi connectivity index (χ4v) is 1.98. The summed E-state index contributed by atoms with van der Waals surface area (Å²) in [6.45, 7) is 2.21. The van der Waals surface area contributed by atoms with E-state index >= 15 is 0 Å². The van der Waals surface area contributed by atoms with Gasteiger partial charge in [0.2, 0.25) is 0 Å². The Balaban J connectivity index is 2.03. The van der Waals surface area contributed by atoms with Crippen LogP contribution in [0.3, 0.4) is 0 Å². The Morgan fingerprint density at radius 2 is 2.00 bits per heavy atom. The number of hydrogen-bond acceptors (Lipinski definition) is 6. The molecule has 8 heteroatoms. The van der Waals surface area contributed by atoms with Gasteiger partial charge in [0, 0.05) is 20.3 Å². The molecule has 0 atom stereocenters. The fourth-order valence-electron chi connectivity index (χ4n) is 1.98. The van der Waals surface area contributed by atoms with Gasteiger partial charge in [0.25, 0.3) is 11.8 Å². The maximum Gasteiger partial charge on any atom is 0.289 e. The van der Waals surface area contributed by atoms with Crippen LogP contribution in [0.25, 0.3) is 0 Å². The molecule has 27 heavy (non-hydrogen) atoms. The smallest absolute Gasteiger partial charge is 0.289 e. The van der Waals surface area contributed by atoms with Crippen LogP contribution in [0.4, 0.5) is 0 Å². The summed E-state index contributed by atoms with van der Waals surface area (Å²) < 4.78 is 11.1. The number of ether oxygens (including phenoxy) is 2. The number of nitrogens with one attached hydrogen (secondary N) is 1. The van der Waals surface area contributed by atoms with E-state index in [-0.39, 0.29) is 18.2 Å². The Morgan fingerprint density at radius 1 is 1.19 bits per heavy atom. The Labute approximate surface area is 157 Å². The fraction of sp³-hybridized carbons (Fsp3) is 0.263. The van der Waals surface area contributed by atoms with Crippen LogP contribution in [-0.2, 0) is 4.79 Å². The second-order valence-corrected chi connectivity index (χ2v) is 5.63. The molecule has 8 nitrogen and oxygen atoms in total. The van der Waals surface area contributed by atoms with E-state index in [1.54, 1.807) is 50.5 Å². The van der Waals surface area contributed by atoms with Crippen molar-refractivity contribution < 1.29 is 19.1 Å². The third-order valence-electron chi connectivity index (χ3n) is 3.39. The summed E-state index contributed by atoms with van der Waals surface area (Å²) in [5.41, 5.74) is 3.39. The summed E-state index contributed by atoms with van der Waals surface area (Å²) in [7, 11) is 3.32. The lowest BCUT2D eigenvalue weighted by atomic mass is 10.2. The van der Waals surface area contributed by atoms with Crippen molar-refractivity contribution in [1.82, 2.24) is 15.3 Å². The van der Waals surface area contributed by atoms with Gasteiger partial charge in [-0.05, 0) is 42.8 Å². The summed E-state index contributed by atoms with van der Waals surface area (Å²) in [6.07, 6.45) is 3.02. The molecule has 2 amide bonds. The molecule has 1 heterocycles. The van der Waals surface area contributed by atoms with Gasteiger partial charge >= 0.3 is 0 Å². The number of amides is 2. The number of benzene rings is 1. The molecule has 0 saturated carbocycles. The predicted molar refractivity (Wildman–Crippen MR) is 101 cm³/mol. The molecule has 142 valence electrons. The highest BCUT2D eigenvalue weighted by Gasteiger charge is 2.10. The van der Waals surface area contributed by atoms with Gasteiger partial charge in [-0.2, -0.15) is 5.10 Å². The van der Waals surface area contributed by atoms with Gasteiger partial charge in [0.1, 0.15) is 5.69 Å². The highest BCUT2D eigenvalue weighted by molar-refractivity contribution is 5.93. The quantitative estimate of drug-likeness (QED) is 0.564. The minimum Gasteiger partial charge on any atom is -0.490 e.